The maximum absolute atomic E-state index is 9.10. The molecule has 1 aromatic carbocycles. The Morgan fingerprint density at radius 2 is 2.00 bits per heavy atom. The summed E-state index contributed by atoms with van der Waals surface area (Å²) >= 11 is 6.10. The fourth-order valence-electron chi connectivity index (χ4n) is 2.69. The lowest BCUT2D eigenvalue weighted by Gasteiger charge is -2.30. The van der Waals surface area contributed by atoms with Gasteiger partial charge >= 0.3 is 11.9 Å². The monoisotopic (exact) mass is 371 g/mol. The van der Waals surface area contributed by atoms with E-state index in [9.17, 15) is 0 Å². The molecule has 1 unspecified atom stereocenters. The normalized spacial score (nSPS) is 17.3. The molecule has 1 heterocycles. The van der Waals surface area contributed by atoms with Gasteiger partial charge in [0.25, 0.3) is 0 Å². The van der Waals surface area contributed by atoms with Crippen LogP contribution in [0.4, 0.5) is 0 Å². The number of piperidine rings is 1. The van der Waals surface area contributed by atoms with E-state index in [0.717, 1.165) is 41.8 Å². The Labute approximate surface area is 153 Å². The molecule has 140 valence electrons. The van der Waals surface area contributed by atoms with Crippen molar-refractivity contribution in [1.29, 1.82) is 0 Å². The van der Waals surface area contributed by atoms with Gasteiger partial charge in [-0.2, -0.15) is 0 Å². The highest BCUT2D eigenvalue weighted by atomic mass is 35.5. The molecule has 1 aromatic rings. The van der Waals surface area contributed by atoms with Gasteiger partial charge in [0.2, 0.25) is 0 Å². The van der Waals surface area contributed by atoms with E-state index in [1.165, 1.54) is 25.9 Å². The van der Waals surface area contributed by atoms with E-state index in [1.807, 2.05) is 12.1 Å². The molecule has 1 atom stereocenters. The number of rotatable bonds is 5. The van der Waals surface area contributed by atoms with Crippen LogP contribution in [-0.2, 0) is 16.0 Å². The van der Waals surface area contributed by atoms with Crippen molar-refractivity contribution in [2.24, 2.45) is 5.92 Å². The molecule has 1 aliphatic heterocycles. The van der Waals surface area contributed by atoms with Crippen LogP contribution in [-0.4, -0.2) is 53.3 Å². The van der Waals surface area contributed by atoms with Crippen molar-refractivity contribution < 1.29 is 24.5 Å². The van der Waals surface area contributed by atoms with Crippen molar-refractivity contribution in [2.45, 2.75) is 33.1 Å². The van der Waals surface area contributed by atoms with Gasteiger partial charge < -0.3 is 14.9 Å². The first-order chi connectivity index (χ1) is 11.8. The number of carboxylic acid groups (broad SMARTS) is 2. The third-order valence-corrected chi connectivity index (χ3v) is 4.37. The first kappa shape index (κ1) is 21.3. The molecule has 0 aromatic heterocycles. The Morgan fingerprint density at radius 1 is 1.32 bits per heavy atom. The second kappa shape index (κ2) is 10.9. The van der Waals surface area contributed by atoms with Crippen molar-refractivity contribution in [3.05, 3.63) is 28.8 Å². The van der Waals surface area contributed by atoms with E-state index in [2.05, 4.69) is 24.8 Å². The zero-order valence-electron chi connectivity index (χ0n) is 14.7. The molecule has 1 saturated heterocycles. The topological polar surface area (TPSA) is 87.1 Å². The van der Waals surface area contributed by atoms with Crippen LogP contribution in [0.3, 0.4) is 0 Å². The summed E-state index contributed by atoms with van der Waals surface area (Å²) in [5.74, 6) is -1.88. The molecule has 7 heteroatoms. The minimum absolute atomic E-state index is 0.761. The number of aliphatic carboxylic acids is 2. The minimum Gasteiger partial charge on any atom is -0.492 e. The van der Waals surface area contributed by atoms with Gasteiger partial charge in [0.05, 0.1) is 0 Å². The summed E-state index contributed by atoms with van der Waals surface area (Å²) in [5.41, 5.74) is 1.16. The molecular weight excluding hydrogens is 346 g/mol. The van der Waals surface area contributed by atoms with Gasteiger partial charge in [0.1, 0.15) is 12.4 Å². The van der Waals surface area contributed by atoms with Crippen LogP contribution < -0.4 is 4.74 Å². The van der Waals surface area contributed by atoms with E-state index in [0.29, 0.717) is 0 Å². The number of carbonyl (C=O) groups is 2. The fraction of sp³-hybridized carbons (Fsp3) is 0.556. The highest BCUT2D eigenvalue weighted by molar-refractivity contribution is 6.31. The number of benzene rings is 1. The predicted octanol–water partition coefficient (Wildman–Crippen LogP) is 3.17. The molecule has 0 saturated carbocycles. The summed E-state index contributed by atoms with van der Waals surface area (Å²) in [6.07, 6.45) is 3.64. The van der Waals surface area contributed by atoms with E-state index in [-0.39, 0.29) is 0 Å². The lowest BCUT2D eigenvalue weighted by Crippen LogP contribution is -2.37. The fourth-order valence-corrected chi connectivity index (χ4v) is 2.95. The van der Waals surface area contributed by atoms with Crippen LogP contribution in [0.5, 0.6) is 5.75 Å². The lowest BCUT2D eigenvalue weighted by atomic mass is 10.0. The largest absolute Gasteiger partial charge is 0.492 e. The predicted molar refractivity (Wildman–Crippen MR) is 96.4 cm³/mol. The summed E-state index contributed by atoms with van der Waals surface area (Å²) in [6.45, 7) is 8.66. The SMILES string of the molecule is CCc1cc(OCCN2CCCC(C)C2)ccc1Cl.O=C(O)C(=O)O. The Bertz CT molecular complexity index is 567. The van der Waals surface area contributed by atoms with Crippen LogP contribution in [0.2, 0.25) is 5.02 Å². The number of nitrogens with zero attached hydrogens (tertiary/aromatic N) is 1. The molecule has 1 aliphatic rings. The Morgan fingerprint density at radius 3 is 2.56 bits per heavy atom. The van der Waals surface area contributed by atoms with Crippen LogP contribution >= 0.6 is 11.6 Å². The van der Waals surface area contributed by atoms with Crippen molar-refractivity contribution in [1.82, 2.24) is 4.90 Å². The zero-order chi connectivity index (χ0) is 18.8. The van der Waals surface area contributed by atoms with Crippen molar-refractivity contribution in [3.63, 3.8) is 0 Å². The van der Waals surface area contributed by atoms with Gasteiger partial charge in [-0.25, -0.2) is 9.59 Å². The molecule has 0 bridgehead atoms. The molecule has 1 fully saturated rings. The smallest absolute Gasteiger partial charge is 0.414 e. The number of halogens is 1. The van der Waals surface area contributed by atoms with Gasteiger partial charge in [-0.05, 0) is 55.5 Å². The van der Waals surface area contributed by atoms with E-state index >= 15 is 0 Å². The molecule has 0 aliphatic carbocycles. The third-order valence-electron chi connectivity index (χ3n) is 4.00. The number of aryl methyl sites for hydroxylation is 1. The summed E-state index contributed by atoms with van der Waals surface area (Å²) < 4.78 is 5.84. The van der Waals surface area contributed by atoms with Crippen LogP contribution in [0.15, 0.2) is 18.2 Å². The van der Waals surface area contributed by atoms with E-state index < -0.39 is 11.9 Å². The average Bonchev–Trinajstić information content (AvgIpc) is 2.57. The first-order valence-electron chi connectivity index (χ1n) is 8.43. The van der Waals surface area contributed by atoms with Crippen LogP contribution in [0.1, 0.15) is 32.3 Å². The Balaban J connectivity index is 0.000000450. The summed E-state index contributed by atoms with van der Waals surface area (Å²) in [7, 11) is 0. The van der Waals surface area contributed by atoms with Gasteiger partial charge in [-0.3, -0.25) is 4.90 Å². The second-order valence-corrected chi connectivity index (χ2v) is 6.52. The average molecular weight is 372 g/mol. The first-order valence-corrected chi connectivity index (χ1v) is 8.81. The van der Waals surface area contributed by atoms with Gasteiger partial charge in [0, 0.05) is 18.1 Å². The Kier molecular flexibility index (Phi) is 9.31. The molecule has 2 N–H and O–H groups in total. The summed E-state index contributed by atoms with van der Waals surface area (Å²) in [6, 6.07) is 5.94. The molecule has 6 nitrogen and oxygen atoms in total. The summed E-state index contributed by atoms with van der Waals surface area (Å²) in [5, 5.41) is 15.6. The standard InChI is InChI=1S/C16H24ClNO.C2H2O4/c1-3-14-11-15(6-7-16(14)17)19-10-9-18-8-4-5-13(2)12-18;3-1(4)2(5)6/h6-7,11,13H,3-5,8-10,12H2,1-2H3;(H,3,4)(H,5,6). The van der Waals surface area contributed by atoms with Gasteiger partial charge in [-0.15, -0.1) is 0 Å². The number of carboxylic acids is 2. The van der Waals surface area contributed by atoms with Gasteiger partial charge in [0.15, 0.2) is 0 Å². The highest BCUT2D eigenvalue weighted by Crippen LogP contribution is 2.22. The molecular formula is C18H26ClNO5. The third kappa shape index (κ3) is 8.23. The summed E-state index contributed by atoms with van der Waals surface area (Å²) in [4.78, 5) is 20.7. The highest BCUT2D eigenvalue weighted by Gasteiger charge is 2.15. The Hall–Kier alpha value is -1.79. The quantitative estimate of drug-likeness (QED) is 0.773. The molecule has 2 rings (SSSR count). The van der Waals surface area contributed by atoms with Crippen LogP contribution in [0, 0.1) is 5.92 Å². The number of ether oxygens (including phenoxy) is 1. The van der Waals surface area contributed by atoms with Crippen molar-refractivity contribution >= 4 is 23.5 Å². The maximum atomic E-state index is 9.10. The molecule has 25 heavy (non-hydrogen) atoms. The van der Waals surface area contributed by atoms with Gasteiger partial charge in [-0.1, -0.05) is 25.4 Å². The number of hydrogen-bond acceptors (Lipinski definition) is 4. The lowest BCUT2D eigenvalue weighted by molar-refractivity contribution is -0.159. The minimum atomic E-state index is -1.82. The number of hydrogen-bond donors (Lipinski definition) is 2. The zero-order valence-corrected chi connectivity index (χ0v) is 15.5. The van der Waals surface area contributed by atoms with E-state index in [4.69, 9.17) is 36.1 Å². The molecule has 0 radical (unpaired) electrons. The molecule has 0 spiro atoms. The number of likely N-dealkylation sites (tertiary alicyclic amines) is 1. The maximum Gasteiger partial charge on any atom is 0.414 e. The second-order valence-electron chi connectivity index (χ2n) is 6.11. The molecule has 0 amide bonds. The van der Waals surface area contributed by atoms with Crippen molar-refractivity contribution in [2.75, 3.05) is 26.2 Å². The van der Waals surface area contributed by atoms with E-state index in [1.54, 1.807) is 0 Å². The van der Waals surface area contributed by atoms with Crippen LogP contribution in [0.25, 0.3) is 0 Å². The van der Waals surface area contributed by atoms with Crippen molar-refractivity contribution in [3.8, 4) is 5.75 Å².